The van der Waals surface area contributed by atoms with Gasteiger partial charge in [0.1, 0.15) is 5.60 Å². The highest BCUT2D eigenvalue weighted by atomic mass is 16.6. The molecule has 1 heterocycles. The number of nitrogens with one attached hydrogen (secondary N) is 1. The minimum Gasteiger partial charge on any atom is -0.444 e. The Morgan fingerprint density at radius 2 is 1.95 bits per heavy atom. The van der Waals surface area contributed by atoms with E-state index in [0.717, 1.165) is 19.6 Å². The summed E-state index contributed by atoms with van der Waals surface area (Å²) in [5.41, 5.74) is -0.430. The highest BCUT2D eigenvalue weighted by molar-refractivity contribution is 5.67. The molecular weight excluding hydrogens is 278 g/mol. The molecule has 5 heteroatoms. The third-order valence-corrected chi connectivity index (χ3v) is 4.08. The van der Waals surface area contributed by atoms with E-state index in [4.69, 9.17) is 4.74 Å². The van der Waals surface area contributed by atoms with Gasteiger partial charge in [0.05, 0.1) is 0 Å². The summed E-state index contributed by atoms with van der Waals surface area (Å²) in [6.07, 6.45) is 2.21. The van der Waals surface area contributed by atoms with Crippen molar-refractivity contribution in [3.05, 3.63) is 0 Å². The molecule has 0 aliphatic carbocycles. The van der Waals surface area contributed by atoms with Crippen molar-refractivity contribution in [3.63, 3.8) is 0 Å². The van der Waals surface area contributed by atoms with E-state index in [2.05, 4.69) is 24.1 Å². The number of hydrogen-bond donors (Lipinski definition) is 1. The average Bonchev–Trinajstić information content (AvgIpc) is 2.43. The third kappa shape index (κ3) is 7.45. The minimum absolute atomic E-state index is 0.240. The topological polar surface area (TPSA) is 44.8 Å². The van der Waals surface area contributed by atoms with Crippen molar-refractivity contribution in [1.29, 1.82) is 0 Å². The number of likely N-dealkylation sites (tertiary alicyclic amines) is 1. The van der Waals surface area contributed by atoms with Crippen LogP contribution in [0.3, 0.4) is 0 Å². The number of rotatable bonds is 6. The normalized spacial score (nSPS) is 19.0. The molecule has 0 aromatic carbocycles. The molecule has 1 atom stereocenters. The van der Waals surface area contributed by atoms with Crippen LogP contribution in [0.5, 0.6) is 0 Å². The molecule has 0 aromatic rings. The molecule has 0 spiro atoms. The van der Waals surface area contributed by atoms with E-state index in [1.165, 1.54) is 25.9 Å². The lowest BCUT2D eigenvalue weighted by Crippen LogP contribution is -2.45. The lowest BCUT2D eigenvalue weighted by molar-refractivity contribution is 0.0276. The third-order valence-electron chi connectivity index (χ3n) is 4.08. The Morgan fingerprint density at radius 1 is 1.36 bits per heavy atom. The summed E-state index contributed by atoms with van der Waals surface area (Å²) in [6.45, 7) is 15.3. The molecule has 130 valence electrons. The van der Waals surface area contributed by atoms with Crippen LogP contribution in [0, 0.1) is 5.92 Å². The molecule has 0 radical (unpaired) electrons. The number of carbonyl (C=O) groups is 1. The molecule has 1 N–H and O–H groups in total. The predicted molar refractivity (Wildman–Crippen MR) is 91.2 cm³/mol. The number of piperidine rings is 1. The maximum absolute atomic E-state index is 11.9. The molecule has 1 fully saturated rings. The van der Waals surface area contributed by atoms with Gasteiger partial charge in [-0.05, 0) is 65.7 Å². The van der Waals surface area contributed by atoms with Crippen LogP contribution < -0.4 is 5.32 Å². The summed E-state index contributed by atoms with van der Waals surface area (Å²) >= 11 is 0. The Hall–Kier alpha value is -0.810. The van der Waals surface area contributed by atoms with Crippen molar-refractivity contribution in [3.8, 4) is 0 Å². The zero-order valence-corrected chi connectivity index (χ0v) is 15.3. The Labute approximate surface area is 136 Å². The van der Waals surface area contributed by atoms with E-state index < -0.39 is 5.60 Å². The molecular formula is C17H35N3O2. The first kappa shape index (κ1) is 19.2. The average molecular weight is 313 g/mol. The summed E-state index contributed by atoms with van der Waals surface area (Å²) in [6, 6.07) is 0.622. The Morgan fingerprint density at radius 3 is 2.45 bits per heavy atom. The van der Waals surface area contributed by atoms with Crippen molar-refractivity contribution in [2.75, 3.05) is 39.8 Å². The van der Waals surface area contributed by atoms with Gasteiger partial charge in [-0.2, -0.15) is 0 Å². The second kappa shape index (κ2) is 8.73. The summed E-state index contributed by atoms with van der Waals surface area (Å²) in [7, 11) is 1.81. The molecule has 1 aliphatic heterocycles. The van der Waals surface area contributed by atoms with Gasteiger partial charge in [-0.3, -0.25) is 0 Å². The maximum atomic E-state index is 11.9. The van der Waals surface area contributed by atoms with Crippen molar-refractivity contribution < 1.29 is 9.53 Å². The molecule has 1 saturated heterocycles. The van der Waals surface area contributed by atoms with Gasteiger partial charge in [-0.1, -0.05) is 13.8 Å². The molecule has 5 nitrogen and oxygen atoms in total. The molecule has 0 bridgehead atoms. The Kier molecular flexibility index (Phi) is 7.63. The van der Waals surface area contributed by atoms with Gasteiger partial charge in [0.15, 0.2) is 0 Å². The second-order valence-electron chi connectivity index (χ2n) is 7.58. The van der Waals surface area contributed by atoms with Crippen LogP contribution in [-0.2, 0) is 4.74 Å². The first-order valence-corrected chi connectivity index (χ1v) is 8.61. The zero-order chi connectivity index (χ0) is 16.8. The molecule has 1 unspecified atom stereocenters. The molecule has 1 aliphatic rings. The Balaban J connectivity index is 2.23. The first-order chi connectivity index (χ1) is 10.2. The van der Waals surface area contributed by atoms with Gasteiger partial charge in [0, 0.05) is 19.6 Å². The fourth-order valence-electron chi connectivity index (χ4n) is 2.77. The van der Waals surface area contributed by atoms with Gasteiger partial charge in [-0.15, -0.1) is 0 Å². The van der Waals surface area contributed by atoms with Gasteiger partial charge < -0.3 is 19.9 Å². The van der Waals surface area contributed by atoms with E-state index >= 15 is 0 Å². The molecule has 1 rings (SSSR count). The van der Waals surface area contributed by atoms with Crippen molar-refractivity contribution >= 4 is 6.09 Å². The lowest BCUT2D eigenvalue weighted by Gasteiger charge is -2.32. The first-order valence-electron chi connectivity index (χ1n) is 8.61. The van der Waals surface area contributed by atoms with E-state index in [-0.39, 0.29) is 6.09 Å². The fourth-order valence-corrected chi connectivity index (χ4v) is 2.77. The number of nitrogens with zero attached hydrogens (tertiary/aromatic N) is 2. The minimum atomic E-state index is -0.430. The number of carbonyl (C=O) groups excluding carboxylic acids is 1. The summed E-state index contributed by atoms with van der Waals surface area (Å²) in [5, 5.41) is 3.65. The van der Waals surface area contributed by atoms with E-state index in [1.807, 2.05) is 27.8 Å². The summed E-state index contributed by atoms with van der Waals surface area (Å²) in [5.74, 6) is 0.418. The monoisotopic (exact) mass is 313 g/mol. The number of ether oxygens (including phenoxy) is 1. The van der Waals surface area contributed by atoms with Crippen molar-refractivity contribution in [1.82, 2.24) is 15.1 Å². The summed E-state index contributed by atoms with van der Waals surface area (Å²) in [4.78, 5) is 16.1. The SMILES string of the molecule is CCN1CCC(NCC(C)CN(C)C(=O)OC(C)(C)C)CC1. The maximum Gasteiger partial charge on any atom is 0.410 e. The van der Waals surface area contributed by atoms with Crippen LogP contribution >= 0.6 is 0 Å². The smallest absolute Gasteiger partial charge is 0.410 e. The van der Waals surface area contributed by atoms with Crippen molar-refractivity contribution in [2.45, 2.75) is 59.1 Å². The van der Waals surface area contributed by atoms with Crippen LogP contribution in [-0.4, -0.2) is 67.3 Å². The van der Waals surface area contributed by atoms with Crippen LogP contribution in [0.25, 0.3) is 0 Å². The lowest BCUT2D eigenvalue weighted by atomic mass is 10.0. The Bertz CT molecular complexity index is 333. The standard InChI is InChI=1S/C17H35N3O2/c1-7-20-10-8-15(9-11-20)18-12-14(2)13-19(6)16(21)22-17(3,4)5/h14-15,18H,7-13H2,1-6H3. The highest BCUT2D eigenvalue weighted by Crippen LogP contribution is 2.12. The number of amides is 1. The van der Waals surface area contributed by atoms with Crippen LogP contribution in [0.1, 0.15) is 47.5 Å². The summed E-state index contributed by atoms with van der Waals surface area (Å²) < 4.78 is 5.38. The van der Waals surface area contributed by atoms with E-state index in [0.29, 0.717) is 12.0 Å². The largest absolute Gasteiger partial charge is 0.444 e. The second-order valence-corrected chi connectivity index (χ2v) is 7.58. The van der Waals surface area contributed by atoms with E-state index in [1.54, 1.807) is 4.90 Å². The van der Waals surface area contributed by atoms with Gasteiger partial charge in [0.2, 0.25) is 0 Å². The van der Waals surface area contributed by atoms with E-state index in [9.17, 15) is 4.79 Å². The van der Waals surface area contributed by atoms with Gasteiger partial charge in [-0.25, -0.2) is 4.79 Å². The van der Waals surface area contributed by atoms with Gasteiger partial charge in [0.25, 0.3) is 0 Å². The quantitative estimate of drug-likeness (QED) is 0.818. The molecule has 0 saturated carbocycles. The fraction of sp³-hybridized carbons (Fsp3) is 0.941. The zero-order valence-electron chi connectivity index (χ0n) is 15.3. The van der Waals surface area contributed by atoms with Crippen LogP contribution in [0.15, 0.2) is 0 Å². The molecule has 0 aromatic heterocycles. The van der Waals surface area contributed by atoms with Gasteiger partial charge >= 0.3 is 6.09 Å². The molecule has 22 heavy (non-hydrogen) atoms. The molecule has 1 amide bonds. The van der Waals surface area contributed by atoms with Crippen molar-refractivity contribution in [2.24, 2.45) is 5.92 Å². The van der Waals surface area contributed by atoms with Crippen LogP contribution in [0.4, 0.5) is 4.79 Å². The van der Waals surface area contributed by atoms with Crippen LogP contribution in [0.2, 0.25) is 0 Å². The predicted octanol–water partition coefficient (Wildman–Crippen LogP) is 2.56. The number of hydrogen-bond acceptors (Lipinski definition) is 4. The highest BCUT2D eigenvalue weighted by Gasteiger charge is 2.22.